The molecule has 1 amide bonds. The molecule has 0 saturated carbocycles. The van der Waals surface area contributed by atoms with Crippen LogP contribution in [-0.2, 0) is 13.0 Å². The topological polar surface area (TPSA) is 42.0 Å². The standard InChI is InChI=1S/C18H14F2N2OS/c19-13-6-7-16(20)15(9-13)18(23)21-10-14-11-24-17(22-14)8-12-4-2-1-3-5-12/h1-7,9,11H,8,10H2,(H,21,23). The third-order valence-corrected chi connectivity index (χ3v) is 4.30. The van der Waals surface area contributed by atoms with Crippen molar-refractivity contribution in [1.82, 2.24) is 10.3 Å². The zero-order valence-electron chi connectivity index (χ0n) is 12.6. The molecule has 0 bridgehead atoms. The fourth-order valence-corrected chi connectivity index (χ4v) is 3.05. The number of hydrogen-bond donors (Lipinski definition) is 1. The number of hydrogen-bond acceptors (Lipinski definition) is 3. The van der Waals surface area contributed by atoms with Crippen LogP contribution in [0.25, 0.3) is 0 Å². The van der Waals surface area contributed by atoms with E-state index in [-0.39, 0.29) is 12.1 Å². The van der Waals surface area contributed by atoms with Gasteiger partial charge in [0.25, 0.3) is 5.91 Å². The molecule has 6 heteroatoms. The van der Waals surface area contributed by atoms with E-state index in [2.05, 4.69) is 10.3 Å². The molecule has 0 spiro atoms. The van der Waals surface area contributed by atoms with Crippen LogP contribution in [0.2, 0.25) is 0 Å². The lowest BCUT2D eigenvalue weighted by Gasteiger charge is -2.04. The van der Waals surface area contributed by atoms with Gasteiger partial charge in [0.1, 0.15) is 11.6 Å². The molecule has 0 radical (unpaired) electrons. The maximum Gasteiger partial charge on any atom is 0.254 e. The second-order valence-electron chi connectivity index (χ2n) is 5.20. The molecule has 1 heterocycles. The monoisotopic (exact) mass is 344 g/mol. The van der Waals surface area contributed by atoms with Gasteiger partial charge < -0.3 is 5.32 Å². The number of aromatic nitrogens is 1. The van der Waals surface area contributed by atoms with E-state index < -0.39 is 17.5 Å². The summed E-state index contributed by atoms with van der Waals surface area (Å²) < 4.78 is 26.7. The van der Waals surface area contributed by atoms with Crippen LogP contribution < -0.4 is 5.32 Å². The van der Waals surface area contributed by atoms with Gasteiger partial charge in [-0.05, 0) is 23.8 Å². The van der Waals surface area contributed by atoms with Gasteiger partial charge in [0.15, 0.2) is 0 Å². The van der Waals surface area contributed by atoms with Gasteiger partial charge in [-0.25, -0.2) is 13.8 Å². The Bertz CT molecular complexity index is 849. The first-order chi connectivity index (χ1) is 11.6. The number of rotatable bonds is 5. The SMILES string of the molecule is O=C(NCc1csc(Cc2ccccc2)n1)c1cc(F)ccc1F. The van der Waals surface area contributed by atoms with Crippen molar-refractivity contribution in [2.75, 3.05) is 0 Å². The number of nitrogens with zero attached hydrogens (tertiary/aromatic N) is 1. The largest absolute Gasteiger partial charge is 0.346 e. The van der Waals surface area contributed by atoms with Gasteiger partial charge in [-0.2, -0.15) is 0 Å². The number of thiazole rings is 1. The molecule has 0 aliphatic heterocycles. The fourth-order valence-electron chi connectivity index (χ4n) is 2.22. The zero-order chi connectivity index (χ0) is 16.9. The highest BCUT2D eigenvalue weighted by Crippen LogP contribution is 2.15. The average molecular weight is 344 g/mol. The smallest absolute Gasteiger partial charge is 0.254 e. The molecule has 1 aromatic heterocycles. The lowest BCUT2D eigenvalue weighted by atomic mass is 10.2. The summed E-state index contributed by atoms with van der Waals surface area (Å²) >= 11 is 1.50. The predicted molar refractivity (Wildman–Crippen MR) is 88.9 cm³/mol. The van der Waals surface area contributed by atoms with E-state index in [1.54, 1.807) is 0 Å². The molecular weight excluding hydrogens is 330 g/mol. The van der Waals surface area contributed by atoms with Crippen LogP contribution in [0.4, 0.5) is 8.78 Å². The predicted octanol–water partition coefficient (Wildman–Crippen LogP) is 3.94. The molecule has 3 aromatic rings. The van der Waals surface area contributed by atoms with Crippen molar-refractivity contribution >= 4 is 17.2 Å². The minimum Gasteiger partial charge on any atom is -0.346 e. The van der Waals surface area contributed by atoms with E-state index in [1.807, 2.05) is 35.7 Å². The molecule has 122 valence electrons. The Morgan fingerprint density at radius 2 is 1.92 bits per heavy atom. The van der Waals surface area contributed by atoms with E-state index in [9.17, 15) is 13.6 Å². The Hall–Kier alpha value is -2.60. The highest BCUT2D eigenvalue weighted by molar-refractivity contribution is 7.09. The summed E-state index contributed by atoms with van der Waals surface area (Å²) in [5.41, 5.74) is 1.54. The molecule has 0 saturated heterocycles. The van der Waals surface area contributed by atoms with Crippen LogP contribution in [0.5, 0.6) is 0 Å². The Morgan fingerprint density at radius 3 is 2.71 bits per heavy atom. The summed E-state index contributed by atoms with van der Waals surface area (Å²) in [7, 11) is 0. The second kappa shape index (κ2) is 7.31. The van der Waals surface area contributed by atoms with Crippen LogP contribution in [0, 0.1) is 11.6 Å². The Kier molecular flexibility index (Phi) is 4.96. The maximum absolute atomic E-state index is 13.6. The minimum absolute atomic E-state index is 0.167. The van der Waals surface area contributed by atoms with Crippen molar-refractivity contribution in [1.29, 1.82) is 0 Å². The van der Waals surface area contributed by atoms with Crippen LogP contribution in [-0.4, -0.2) is 10.9 Å². The van der Waals surface area contributed by atoms with Gasteiger partial charge in [0, 0.05) is 11.8 Å². The summed E-state index contributed by atoms with van der Waals surface area (Å²) in [4.78, 5) is 16.4. The van der Waals surface area contributed by atoms with Crippen molar-refractivity contribution in [2.45, 2.75) is 13.0 Å². The zero-order valence-corrected chi connectivity index (χ0v) is 13.4. The Morgan fingerprint density at radius 1 is 1.12 bits per heavy atom. The van der Waals surface area contributed by atoms with E-state index in [1.165, 1.54) is 11.3 Å². The molecule has 2 aromatic carbocycles. The molecule has 0 unspecified atom stereocenters. The molecule has 0 atom stereocenters. The molecule has 1 N–H and O–H groups in total. The molecule has 0 fully saturated rings. The number of amides is 1. The first kappa shape index (κ1) is 16.3. The first-order valence-corrected chi connectivity index (χ1v) is 8.20. The second-order valence-corrected chi connectivity index (χ2v) is 6.14. The van der Waals surface area contributed by atoms with Crippen LogP contribution in [0.3, 0.4) is 0 Å². The van der Waals surface area contributed by atoms with E-state index >= 15 is 0 Å². The number of halogens is 2. The van der Waals surface area contributed by atoms with Crippen molar-refractivity contribution in [3.63, 3.8) is 0 Å². The normalized spacial score (nSPS) is 10.6. The highest BCUT2D eigenvalue weighted by Gasteiger charge is 2.13. The van der Waals surface area contributed by atoms with Crippen LogP contribution >= 0.6 is 11.3 Å². The summed E-state index contributed by atoms with van der Waals surface area (Å²) in [6, 6.07) is 12.7. The van der Waals surface area contributed by atoms with Crippen molar-refractivity contribution in [3.05, 3.63) is 87.4 Å². The van der Waals surface area contributed by atoms with E-state index in [0.717, 1.165) is 35.2 Å². The molecule has 3 nitrogen and oxygen atoms in total. The third-order valence-electron chi connectivity index (χ3n) is 3.40. The highest BCUT2D eigenvalue weighted by atomic mass is 32.1. The van der Waals surface area contributed by atoms with Gasteiger partial charge in [-0.15, -0.1) is 11.3 Å². The van der Waals surface area contributed by atoms with Crippen molar-refractivity contribution < 1.29 is 13.6 Å². The van der Waals surface area contributed by atoms with Crippen molar-refractivity contribution in [2.24, 2.45) is 0 Å². The summed E-state index contributed by atoms with van der Waals surface area (Å²) in [5.74, 6) is -2.07. The minimum atomic E-state index is -0.753. The molecule has 0 aliphatic carbocycles. The Balaban J connectivity index is 1.61. The van der Waals surface area contributed by atoms with Crippen LogP contribution in [0.1, 0.15) is 26.6 Å². The molecule has 0 aliphatic rings. The van der Waals surface area contributed by atoms with Gasteiger partial charge in [0.05, 0.1) is 22.8 Å². The maximum atomic E-state index is 13.6. The number of nitrogens with one attached hydrogen (secondary N) is 1. The van der Waals surface area contributed by atoms with Crippen molar-refractivity contribution in [3.8, 4) is 0 Å². The first-order valence-electron chi connectivity index (χ1n) is 7.32. The molecule has 3 rings (SSSR count). The molecular formula is C18H14F2N2OS. The molecule has 24 heavy (non-hydrogen) atoms. The Labute approximate surface area is 142 Å². The van der Waals surface area contributed by atoms with E-state index in [0.29, 0.717) is 5.69 Å². The van der Waals surface area contributed by atoms with Gasteiger partial charge >= 0.3 is 0 Å². The van der Waals surface area contributed by atoms with Gasteiger partial charge in [-0.1, -0.05) is 30.3 Å². The lowest BCUT2D eigenvalue weighted by Crippen LogP contribution is -2.24. The third kappa shape index (κ3) is 4.02. The number of benzene rings is 2. The lowest BCUT2D eigenvalue weighted by molar-refractivity contribution is 0.0946. The fraction of sp³-hybridized carbons (Fsp3) is 0.111. The average Bonchev–Trinajstić information content (AvgIpc) is 3.03. The van der Waals surface area contributed by atoms with Crippen LogP contribution in [0.15, 0.2) is 53.9 Å². The number of carbonyl (C=O) groups excluding carboxylic acids is 1. The summed E-state index contributed by atoms with van der Waals surface area (Å²) in [6.07, 6.45) is 0.720. The number of carbonyl (C=O) groups is 1. The summed E-state index contributed by atoms with van der Waals surface area (Å²) in [5, 5.41) is 5.34. The summed E-state index contributed by atoms with van der Waals surface area (Å²) in [6.45, 7) is 0.167. The quantitative estimate of drug-likeness (QED) is 0.762. The van der Waals surface area contributed by atoms with Gasteiger partial charge in [0.2, 0.25) is 0 Å². The van der Waals surface area contributed by atoms with Gasteiger partial charge in [-0.3, -0.25) is 4.79 Å². The van der Waals surface area contributed by atoms with E-state index in [4.69, 9.17) is 0 Å².